The molecule has 0 aromatic heterocycles. The molecule has 3 heteroatoms. The Hall–Kier alpha value is -2.94. The van der Waals surface area contributed by atoms with Gasteiger partial charge in [-0.2, -0.15) is 0 Å². The number of hydrogen-bond donors (Lipinski definition) is 3. The second-order valence-electron chi connectivity index (χ2n) is 18.3. The standard InChI is InChI=1S/C16H26O.C15H24O.C12H18O/c1-8-11-9-12(15(2,3)4)14(17)13(10-11)16(5,6)7;1-10-8-11(14(2,3)4)13(16)12(9-10)15(5,6)7;1-8-6-9(2)11(13)10(7-8)12(3,4)5/h9-10,17H,8H2,1-7H3;8-9,16H,1-7H3;6-7,13H,1-5H3. The first kappa shape index (κ1) is 41.1. The summed E-state index contributed by atoms with van der Waals surface area (Å²) in [7, 11) is 0. The van der Waals surface area contributed by atoms with Crippen molar-refractivity contribution in [3.63, 3.8) is 0 Å². The van der Waals surface area contributed by atoms with Gasteiger partial charge in [-0.3, -0.25) is 0 Å². The van der Waals surface area contributed by atoms with E-state index >= 15 is 0 Å². The zero-order chi connectivity index (χ0) is 36.4. The summed E-state index contributed by atoms with van der Waals surface area (Å²) in [6.07, 6.45) is 1.01. The Labute approximate surface area is 283 Å². The van der Waals surface area contributed by atoms with Gasteiger partial charge in [0.15, 0.2) is 0 Å². The van der Waals surface area contributed by atoms with Gasteiger partial charge in [0, 0.05) is 0 Å². The second-order valence-corrected chi connectivity index (χ2v) is 18.3. The molecule has 0 atom stereocenters. The van der Waals surface area contributed by atoms with E-state index in [2.05, 4.69) is 155 Å². The molecule has 0 bridgehead atoms. The van der Waals surface area contributed by atoms with E-state index in [1.54, 1.807) is 0 Å². The van der Waals surface area contributed by atoms with Gasteiger partial charge in [-0.1, -0.05) is 158 Å². The molecule has 0 amide bonds. The van der Waals surface area contributed by atoms with Crippen molar-refractivity contribution in [1.82, 2.24) is 0 Å². The van der Waals surface area contributed by atoms with Crippen LogP contribution in [0, 0.1) is 20.8 Å². The molecule has 0 aliphatic carbocycles. The molecule has 3 aromatic carbocycles. The van der Waals surface area contributed by atoms with Crippen LogP contribution in [-0.4, -0.2) is 15.3 Å². The fraction of sp³-hybridized carbons (Fsp3) is 0.581. The topological polar surface area (TPSA) is 60.7 Å². The molecule has 0 spiro atoms. The highest BCUT2D eigenvalue weighted by Gasteiger charge is 2.27. The number of phenols is 3. The smallest absolute Gasteiger partial charge is 0.123 e. The monoisotopic (exact) mass is 633 g/mol. The number of aryl methyl sites for hydroxylation is 4. The zero-order valence-corrected chi connectivity index (χ0v) is 33.0. The maximum absolute atomic E-state index is 10.5. The van der Waals surface area contributed by atoms with Gasteiger partial charge in [0.2, 0.25) is 0 Å². The SMILES string of the molecule is CCc1cc(C(C)(C)C)c(O)c(C(C)(C)C)c1.Cc1cc(C(C)(C)C)c(O)c(C(C)(C)C)c1.Cc1cc(C)c(O)c(C(C)(C)C)c1. The fourth-order valence-electron chi connectivity index (χ4n) is 5.50. The van der Waals surface area contributed by atoms with E-state index in [9.17, 15) is 15.3 Å². The number of benzene rings is 3. The van der Waals surface area contributed by atoms with Crippen LogP contribution in [0.25, 0.3) is 0 Å². The third-order valence-electron chi connectivity index (χ3n) is 8.32. The van der Waals surface area contributed by atoms with Crippen LogP contribution in [0.1, 0.15) is 161 Å². The van der Waals surface area contributed by atoms with Crippen molar-refractivity contribution in [2.24, 2.45) is 0 Å². The van der Waals surface area contributed by atoms with Gasteiger partial charge in [-0.25, -0.2) is 0 Å². The van der Waals surface area contributed by atoms with Crippen molar-refractivity contribution in [2.75, 3.05) is 0 Å². The summed E-state index contributed by atoms with van der Waals surface area (Å²) in [6.45, 7) is 40.3. The van der Waals surface area contributed by atoms with Crippen molar-refractivity contribution in [2.45, 2.75) is 165 Å². The summed E-state index contributed by atoms with van der Waals surface area (Å²) in [5.74, 6) is 1.38. The Morgan fingerprint density at radius 3 is 0.891 bits per heavy atom. The predicted octanol–water partition coefficient (Wildman–Crippen LogP) is 12.2. The third-order valence-corrected chi connectivity index (χ3v) is 8.32. The zero-order valence-electron chi connectivity index (χ0n) is 33.0. The highest BCUT2D eigenvalue weighted by atomic mass is 16.3. The summed E-state index contributed by atoms with van der Waals surface area (Å²) in [5, 5.41) is 30.7. The summed E-state index contributed by atoms with van der Waals surface area (Å²) in [5.41, 5.74) is 9.86. The number of phenolic OH excluding ortho intramolecular Hbond substituents is 3. The normalized spacial score (nSPS) is 12.6. The molecule has 3 N–H and O–H groups in total. The van der Waals surface area contributed by atoms with Crippen LogP contribution in [0.5, 0.6) is 17.2 Å². The largest absolute Gasteiger partial charge is 0.507 e. The lowest BCUT2D eigenvalue weighted by molar-refractivity contribution is 0.422. The van der Waals surface area contributed by atoms with Crippen LogP contribution >= 0.6 is 0 Å². The molecular formula is C43H68O3. The van der Waals surface area contributed by atoms with Gasteiger partial charge in [-0.05, 0) is 93.2 Å². The average Bonchev–Trinajstić information content (AvgIpc) is 2.85. The van der Waals surface area contributed by atoms with Crippen molar-refractivity contribution in [3.8, 4) is 17.2 Å². The van der Waals surface area contributed by atoms with Crippen molar-refractivity contribution < 1.29 is 15.3 Å². The summed E-state index contributed by atoms with van der Waals surface area (Å²) < 4.78 is 0. The Bertz CT molecular complexity index is 1400. The van der Waals surface area contributed by atoms with E-state index in [4.69, 9.17) is 0 Å². The van der Waals surface area contributed by atoms with Crippen molar-refractivity contribution in [3.05, 3.63) is 86.5 Å². The molecule has 46 heavy (non-hydrogen) atoms. The third kappa shape index (κ3) is 11.1. The van der Waals surface area contributed by atoms with Crippen molar-refractivity contribution >= 4 is 0 Å². The number of aromatic hydroxyl groups is 3. The lowest BCUT2D eigenvalue weighted by Crippen LogP contribution is -2.17. The lowest BCUT2D eigenvalue weighted by atomic mass is 9.78. The molecule has 0 saturated carbocycles. The van der Waals surface area contributed by atoms with Crippen LogP contribution in [0.3, 0.4) is 0 Å². The van der Waals surface area contributed by atoms with E-state index < -0.39 is 0 Å². The van der Waals surface area contributed by atoms with Gasteiger partial charge in [-0.15, -0.1) is 0 Å². The van der Waals surface area contributed by atoms with E-state index in [1.807, 2.05) is 13.0 Å². The Kier molecular flexibility index (Phi) is 12.9. The number of hydrogen-bond acceptors (Lipinski definition) is 3. The molecule has 3 nitrogen and oxygen atoms in total. The van der Waals surface area contributed by atoms with E-state index in [0.29, 0.717) is 17.2 Å². The van der Waals surface area contributed by atoms with Crippen molar-refractivity contribution in [1.29, 1.82) is 0 Å². The molecule has 0 heterocycles. The molecular weight excluding hydrogens is 564 g/mol. The number of rotatable bonds is 1. The van der Waals surface area contributed by atoms with Gasteiger partial charge in [0.25, 0.3) is 0 Å². The van der Waals surface area contributed by atoms with Crippen LogP contribution in [0.15, 0.2) is 36.4 Å². The Morgan fingerprint density at radius 1 is 0.391 bits per heavy atom. The molecule has 0 saturated heterocycles. The van der Waals surface area contributed by atoms with Gasteiger partial charge >= 0.3 is 0 Å². The van der Waals surface area contributed by atoms with E-state index in [0.717, 1.165) is 39.8 Å². The average molecular weight is 633 g/mol. The molecule has 0 aliphatic rings. The van der Waals surface area contributed by atoms with Gasteiger partial charge < -0.3 is 15.3 Å². The maximum atomic E-state index is 10.5. The highest BCUT2D eigenvalue weighted by molar-refractivity contribution is 5.51. The molecule has 0 unspecified atom stereocenters. The minimum atomic E-state index is -0.0186. The minimum absolute atomic E-state index is 0.0147. The predicted molar refractivity (Wildman–Crippen MR) is 201 cm³/mol. The fourth-order valence-corrected chi connectivity index (χ4v) is 5.50. The highest BCUT2D eigenvalue weighted by Crippen LogP contribution is 2.41. The van der Waals surface area contributed by atoms with Crippen LogP contribution in [0.2, 0.25) is 0 Å². The summed E-state index contributed by atoms with van der Waals surface area (Å²) in [6, 6.07) is 12.5. The first-order chi connectivity index (χ1) is 20.4. The first-order valence-electron chi connectivity index (χ1n) is 16.9. The maximum Gasteiger partial charge on any atom is 0.123 e. The van der Waals surface area contributed by atoms with Gasteiger partial charge in [0.1, 0.15) is 17.2 Å². The van der Waals surface area contributed by atoms with E-state index in [1.165, 1.54) is 16.7 Å². The van der Waals surface area contributed by atoms with E-state index in [-0.39, 0.29) is 27.1 Å². The molecule has 3 aromatic rings. The summed E-state index contributed by atoms with van der Waals surface area (Å²) >= 11 is 0. The summed E-state index contributed by atoms with van der Waals surface area (Å²) in [4.78, 5) is 0. The quantitative estimate of drug-likeness (QED) is 0.250. The van der Waals surface area contributed by atoms with Crippen LogP contribution < -0.4 is 0 Å². The lowest BCUT2D eigenvalue weighted by Gasteiger charge is -2.28. The Morgan fingerprint density at radius 2 is 0.630 bits per heavy atom. The molecule has 3 rings (SSSR count). The van der Waals surface area contributed by atoms with Crippen LogP contribution in [0.4, 0.5) is 0 Å². The second kappa shape index (κ2) is 14.4. The first-order valence-corrected chi connectivity index (χ1v) is 16.9. The molecule has 0 fully saturated rings. The molecule has 0 radical (unpaired) electrons. The Balaban J connectivity index is 0.000000348. The van der Waals surface area contributed by atoms with Crippen LogP contribution in [-0.2, 0) is 33.5 Å². The molecule has 0 aliphatic heterocycles. The minimum Gasteiger partial charge on any atom is -0.507 e. The molecule has 258 valence electrons. The van der Waals surface area contributed by atoms with Gasteiger partial charge in [0.05, 0.1) is 0 Å².